The molecule has 4 heteroatoms. The van der Waals surface area contributed by atoms with Crippen molar-refractivity contribution in [1.82, 2.24) is 4.98 Å². The third kappa shape index (κ3) is 2.79. The molecule has 3 nitrogen and oxygen atoms in total. The van der Waals surface area contributed by atoms with Crippen LogP contribution in [0.2, 0.25) is 0 Å². The molecule has 1 aromatic carbocycles. The van der Waals surface area contributed by atoms with E-state index in [1.54, 1.807) is 18.3 Å². The van der Waals surface area contributed by atoms with Crippen molar-refractivity contribution in [2.45, 2.75) is 6.61 Å². The minimum atomic E-state index is -0.578. The number of pyridine rings is 1. The van der Waals surface area contributed by atoms with Crippen LogP contribution in [-0.2, 0) is 6.61 Å². The Balaban J connectivity index is 2.06. The van der Waals surface area contributed by atoms with E-state index < -0.39 is 5.82 Å². The van der Waals surface area contributed by atoms with Crippen LogP contribution >= 0.6 is 0 Å². The van der Waals surface area contributed by atoms with Crippen LogP contribution in [0.15, 0.2) is 42.6 Å². The van der Waals surface area contributed by atoms with Crippen LogP contribution in [0.5, 0.6) is 5.75 Å². The smallest absolute Gasteiger partial charge is 0.144 e. The Hall–Kier alpha value is -2.41. The molecule has 2 aromatic rings. The van der Waals surface area contributed by atoms with Crippen molar-refractivity contribution >= 4 is 0 Å². The van der Waals surface area contributed by atoms with Crippen LogP contribution in [-0.4, -0.2) is 4.98 Å². The van der Waals surface area contributed by atoms with E-state index in [0.717, 1.165) is 5.69 Å². The lowest BCUT2D eigenvalue weighted by Crippen LogP contribution is -1.98. The van der Waals surface area contributed by atoms with E-state index in [4.69, 9.17) is 10.00 Å². The second-order valence-electron chi connectivity index (χ2n) is 3.36. The highest BCUT2D eigenvalue weighted by molar-refractivity contribution is 5.36. The summed E-state index contributed by atoms with van der Waals surface area (Å²) in [4.78, 5) is 4.08. The molecule has 2 rings (SSSR count). The van der Waals surface area contributed by atoms with E-state index in [0.29, 0.717) is 5.75 Å². The number of ether oxygens (including phenoxy) is 1. The van der Waals surface area contributed by atoms with Gasteiger partial charge >= 0.3 is 0 Å². The minimum Gasteiger partial charge on any atom is -0.487 e. The molecule has 0 radical (unpaired) electrons. The van der Waals surface area contributed by atoms with Gasteiger partial charge in [-0.15, -0.1) is 0 Å². The molecular weight excluding hydrogens is 219 g/mol. The molecule has 0 aliphatic rings. The first-order valence-corrected chi connectivity index (χ1v) is 5.02. The number of benzene rings is 1. The number of hydrogen-bond donors (Lipinski definition) is 0. The Kier molecular flexibility index (Phi) is 3.31. The second-order valence-corrected chi connectivity index (χ2v) is 3.36. The average molecular weight is 228 g/mol. The zero-order valence-electron chi connectivity index (χ0n) is 8.93. The molecule has 17 heavy (non-hydrogen) atoms. The van der Waals surface area contributed by atoms with E-state index in [-0.39, 0.29) is 12.2 Å². The van der Waals surface area contributed by atoms with Crippen LogP contribution in [0.4, 0.5) is 4.39 Å². The van der Waals surface area contributed by atoms with Gasteiger partial charge in [-0.25, -0.2) is 4.39 Å². The van der Waals surface area contributed by atoms with Crippen LogP contribution in [0.25, 0.3) is 0 Å². The Bertz CT molecular complexity index is 549. The molecule has 0 fully saturated rings. The average Bonchev–Trinajstić information content (AvgIpc) is 2.38. The molecule has 0 saturated carbocycles. The number of aromatic nitrogens is 1. The molecule has 0 N–H and O–H groups in total. The maximum absolute atomic E-state index is 13.3. The van der Waals surface area contributed by atoms with Crippen LogP contribution in [0, 0.1) is 17.1 Å². The summed E-state index contributed by atoms with van der Waals surface area (Å²) in [5, 5.41) is 8.58. The molecule has 0 aliphatic carbocycles. The first-order valence-electron chi connectivity index (χ1n) is 5.02. The van der Waals surface area contributed by atoms with E-state index >= 15 is 0 Å². The molecule has 0 unspecified atom stereocenters. The summed E-state index contributed by atoms with van der Waals surface area (Å²) in [7, 11) is 0. The fourth-order valence-corrected chi connectivity index (χ4v) is 1.32. The summed E-state index contributed by atoms with van der Waals surface area (Å²) in [6.45, 7) is 0.270. The van der Waals surface area contributed by atoms with Crippen LogP contribution < -0.4 is 4.74 Å². The molecule has 0 aliphatic heterocycles. The Morgan fingerprint density at radius 3 is 2.82 bits per heavy atom. The summed E-state index contributed by atoms with van der Waals surface area (Å²) >= 11 is 0. The van der Waals surface area contributed by atoms with Crippen molar-refractivity contribution in [1.29, 1.82) is 5.26 Å². The first-order chi connectivity index (χ1) is 8.29. The van der Waals surface area contributed by atoms with Gasteiger partial charge in [0.2, 0.25) is 0 Å². The summed E-state index contributed by atoms with van der Waals surface area (Å²) in [5.41, 5.74) is 0.771. The van der Waals surface area contributed by atoms with E-state index in [1.807, 2.05) is 18.2 Å². The molecule has 0 saturated heterocycles. The lowest BCUT2D eigenvalue weighted by atomic mass is 10.2. The highest BCUT2D eigenvalue weighted by atomic mass is 19.1. The molecular formula is C13H9FN2O. The van der Waals surface area contributed by atoms with Crippen LogP contribution in [0.1, 0.15) is 11.3 Å². The standard InChI is InChI=1S/C13H9FN2O/c14-13-7-12(5-4-10(13)8-15)17-9-11-3-1-2-6-16-11/h1-7H,9H2. The van der Waals surface area contributed by atoms with Crippen molar-refractivity contribution in [2.24, 2.45) is 0 Å². The van der Waals surface area contributed by atoms with Crippen LogP contribution in [0.3, 0.4) is 0 Å². The summed E-state index contributed by atoms with van der Waals surface area (Å²) in [6.07, 6.45) is 1.66. The Morgan fingerprint density at radius 2 is 2.18 bits per heavy atom. The summed E-state index contributed by atoms with van der Waals surface area (Å²) in [5.74, 6) is -0.196. The molecule has 0 bridgehead atoms. The summed E-state index contributed by atoms with van der Waals surface area (Å²) in [6, 6.07) is 11.4. The van der Waals surface area contributed by atoms with Gasteiger partial charge in [-0.05, 0) is 24.3 Å². The second kappa shape index (κ2) is 5.08. The predicted octanol–water partition coefficient (Wildman–Crippen LogP) is 2.67. The van der Waals surface area contributed by atoms with Gasteiger partial charge < -0.3 is 4.74 Å². The fraction of sp³-hybridized carbons (Fsp3) is 0.0769. The number of hydrogen-bond acceptors (Lipinski definition) is 3. The first kappa shape index (κ1) is 11.1. The van der Waals surface area contributed by atoms with Gasteiger partial charge in [0, 0.05) is 12.3 Å². The zero-order valence-corrected chi connectivity index (χ0v) is 8.93. The maximum Gasteiger partial charge on any atom is 0.144 e. The zero-order chi connectivity index (χ0) is 12.1. The van der Waals surface area contributed by atoms with E-state index in [2.05, 4.69) is 4.98 Å². The quantitative estimate of drug-likeness (QED) is 0.811. The highest BCUT2D eigenvalue weighted by Crippen LogP contribution is 2.16. The van der Waals surface area contributed by atoms with Crippen molar-refractivity contribution in [3.8, 4) is 11.8 Å². The Labute approximate surface area is 98.1 Å². The van der Waals surface area contributed by atoms with Gasteiger partial charge in [-0.2, -0.15) is 5.26 Å². The number of halogens is 1. The molecule has 0 atom stereocenters. The topological polar surface area (TPSA) is 45.9 Å². The molecule has 0 amide bonds. The lowest BCUT2D eigenvalue weighted by Gasteiger charge is -2.05. The number of nitrogens with zero attached hydrogens (tertiary/aromatic N) is 2. The van der Waals surface area contributed by atoms with Gasteiger partial charge in [-0.3, -0.25) is 4.98 Å². The highest BCUT2D eigenvalue weighted by Gasteiger charge is 2.03. The Morgan fingerprint density at radius 1 is 1.29 bits per heavy atom. The number of nitriles is 1. The maximum atomic E-state index is 13.3. The third-order valence-corrected chi connectivity index (χ3v) is 2.17. The molecule has 1 heterocycles. The van der Waals surface area contributed by atoms with Gasteiger partial charge in [-0.1, -0.05) is 6.07 Å². The lowest BCUT2D eigenvalue weighted by molar-refractivity contribution is 0.299. The van der Waals surface area contributed by atoms with Gasteiger partial charge in [0.15, 0.2) is 0 Å². The normalized spacial score (nSPS) is 9.65. The van der Waals surface area contributed by atoms with E-state index in [1.165, 1.54) is 12.1 Å². The third-order valence-electron chi connectivity index (χ3n) is 2.17. The van der Waals surface area contributed by atoms with Crippen molar-refractivity contribution in [2.75, 3.05) is 0 Å². The SMILES string of the molecule is N#Cc1ccc(OCc2ccccn2)cc1F. The largest absolute Gasteiger partial charge is 0.487 e. The molecule has 1 aromatic heterocycles. The fourth-order valence-electron chi connectivity index (χ4n) is 1.32. The van der Waals surface area contributed by atoms with Crippen molar-refractivity contribution in [3.05, 3.63) is 59.7 Å². The van der Waals surface area contributed by atoms with Gasteiger partial charge in [0.1, 0.15) is 24.2 Å². The monoisotopic (exact) mass is 228 g/mol. The minimum absolute atomic E-state index is 0.00943. The van der Waals surface area contributed by atoms with Gasteiger partial charge in [0.25, 0.3) is 0 Å². The summed E-state index contributed by atoms with van der Waals surface area (Å²) < 4.78 is 18.6. The van der Waals surface area contributed by atoms with E-state index in [9.17, 15) is 4.39 Å². The molecule has 0 spiro atoms. The van der Waals surface area contributed by atoms with Crippen molar-refractivity contribution < 1.29 is 9.13 Å². The molecule has 84 valence electrons. The predicted molar refractivity (Wildman–Crippen MR) is 59.7 cm³/mol. The number of rotatable bonds is 3. The van der Waals surface area contributed by atoms with Crippen molar-refractivity contribution in [3.63, 3.8) is 0 Å². The van der Waals surface area contributed by atoms with Gasteiger partial charge in [0.05, 0.1) is 11.3 Å².